The summed E-state index contributed by atoms with van der Waals surface area (Å²) in [6.45, 7) is 0. The van der Waals surface area contributed by atoms with E-state index in [4.69, 9.17) is 0 Å². The van der Waals surface area contributed by atoms with Crippen LogP contribution in [0, 0.1) is 0 Å². The van der Waals surface area contributed by atoms with Gasteiger partial charge in [0, 0.05) is 50.5 Å². The summed E-state index contributed by atoms with van der Waals surface area (Å²) in [7, 11) is 4.88. The molecular weight excluding hydrogens is 456 g/mol. The molecule has 0 spiro atoms. The number of amides is 2. The molecule has 0 radical (unpaired) electrons. The maximum Gasteiger partial charge on any atom is 0.256 e. The van der Waals surface area contributed by atoms with E-state index in [2.05, 4.69) is 32.7 Å². The molecule has 36 heavy (non-hydrogen) atoms. The Hall–Kier alpha value is -4.53. The minimum Gasteiger partial charge on any atom is -0.355 e. The van der Waals surface area contributed by atoms with Crippen LogP contribution < -0.4 is 16.1 Å². The molecule has 0 saturated heterocycles. The Balaban J connectivity index is 1.63. The molecule has 4 aromatic rings. The molecule has 2 aromatic heterocycles. The lowest BCUT2D eigenvalue weighted by Gasteiger charge is -2.15. The summed E-state index contributed by atoms with van der Waals surface area (Å²) in [5, 5.41) is 5.90. The van der Waals surface area contributed by atoms with E-state index in [9.17, 15) is 14.4 Å². The van der Waals surface area contributed by atoms with Crippen molar-refractivity contribution >= 4 is 34.5 Å². The van der Waals surface area contributed by atoms with Crippen molar-refractivity contribution < 1.29 is 9.59 Å². The van der Waals surface area contributed by atoms with Gasteiger partial charge in [-0.1, -0.05) is 12.1 Å². The van der Waals surface area contributed by atoms with Crippen LogP contribution in [0.3, 0.4) is 0 Å². The number of fused-ring (bicyclic) bond motifs is 2. The SMILES string of the molecule is CNC(=O)c1cn(-c2ccc3c(c2)CCC3)c2nc(Nc3cccc(C(=O)N(C)C)c3)ncc2c1=O. The first-order valence-corrected chi connectivity index (χ1v) is 11.7. The molecule has 2 amide bonds. The summed E-state index contributed by atoms with van der Waals surface area (Å²) in [5.41, 5.74) is 4.51. The maximum absolute atomic E-state index is 13.1. The highest BCUT2D eigenvalue weighted by Gasteiger charge is 2.19. The van der Waals surface area contributed by atoms with Gasteiger partial charge in [-0.15, -0.1) is 0 Å². The molecular formula is C27H26N6O3. The molecule has 0 fully saturated rings. The minimum atomic E-state index is -0.471. The van der Waals surface area contributed by atoms with Crippen LogP contribution in [0.5, 0.6) is 0 Å². The molecule has 5 rings (SSSR count). The van der Waals surface area contributed by atoms with Crippen molar-refractivity contribution in [3.05, 3.63) is 87.3 Å². The lowest BCUT2D eigenvalue weighted by Crippen LogP contribution is -2.27. The molecule has 0 atom stereocenters. The number of anilines is 2. The summed E-state index contributed by atoms with van der Waals surface area (Å²) in [5.74, 6) is -0.328. The molecule has 2 N–H and O–H groups in total. The van der Waals surface area contributed by atoms with Crippen LogP contribution in [0.25, 0.3) is 16.7 Å². The van der Waals surface area contributed by atoms with Gasteiger partial charge in [0.05, 0.1) is 5.39 Å². The van der Waals surface area contributed by atoms with Gasteiger partial charge in [-0.3, -0.25) is 14.4 Å². The molecule has 1 aliphatic carbocycles. The maximum atomic E-state index is 13.1. The standard InChI is InChI=1S/C27H26N6O3/c1-28-25(35)22-15-33(20-11-10-16-6-4-7-17(16)13-20)24-21(23(22)34)14-29-27(31-24)30-19-9-5-8-18(12-19)26(36)32(2)3/h5,8-15H,4,6-7H2,1-3H3,(H,28,35)(H,29,30,31). The van der Waals surface area contributed by atoms with Crippen LogP contribution in [0.2, 0.25) is 0 Å². The smallest absolute Gasteiger partial charge is 0.256 e. The van der Waals surface area contributed by atoms with Gasteiger partial charge in [0.2, 0.25) is 11.4 Å². The van der Waals surface area contributed by atoms with Gasteiger partial charge in [0.25, 0.3) is 11.8 Å². The molecule has 9 heteroatoms. The van der Waals surface area contributed by atoms with E-state index >= 15 is 0 Å². The third-order valence-corrected chi connectivity index (χ3v) is 6.35. The molecule has 9 nitrogen and oxygen atoms in total. The second-order valence-electron chi connectivity index (χ2n) is 8.96. The number of aromatic nitrogens is 3. The van der Waals surface area contributed by atoms with Gasteiger partial charge >= 0.3 is 0 Å². The second-order valence-corrected chi connectivity index (χ2v) is 8.96. The summed E-state index contributed by atoms with van der Waals surface area (Å²) in [6.07, 6.45) is 6.12. The Kier molecular flexibility index (Phi) is 5.97. The third kappa shape index (κ3) is 4.19. The van der Waals surface area contributed by atoms with Crippen molar-refractivity contribution in [3.63, 3.8) is 0 Å². The van der Waals surface area contributed by atoms with Crippen LogP contribution in [0.15, 0.2) is 59.7 Å². The van der Waals surface area contributed by atoms with Crippen LogP contribution in [0.4, 0.5) is 11.6 Å². The molecule has 0 saturated carbocycles. The highest BCUT2D eigenvalue weighted by molar-refractivity contribution is 5.97. The number of benzene rings is 2. The zero-order valence-electron chi connectivity index (χ0n) is 20.3. The molecule has 0 aliphatic heterocycles. The predicted molar refractivity (Wildman–Crippen MR) is 138 cm³/mol. The van der Waals surface area contributed by atoms with Gasteiger partial charge in [-0.25, -0.2) is 4.98 Å². The molecule has 1 aliphatic rings. The Bertz CT molecular complexity index is 1570. The Morgan fingerprint density at radius 1 is 1.06 bits per heavy atom. The molecule has 182 valence electrons. The number of pyridine rings is 1. The Morgan fingerprint density at radius 2 is 1.86 bits per heavy atom. The van der Waals surface area contributed by atoms with E-state index in [0.717, 1.165) is 24.9 Å². The number of rotatable bonds is 5. The first-order chi connectivity index (χ1) is 17.4. The molecule has 2 aromatic carbocycles. The number of carbonyl (C=O) groups excluding carboxylic acids is 2. The summed E-state index contributed by atoms with van der Waals surface area (Å²) >= 11 is 0. The fourth-order valence-corrected chi connectivity index (χ4v) is 4.49. The minimum absolute atomic E-state index is 0.0182. The van der Waals surface area contributed by atoms with E-state index in [0.29, 0.717) is 16.9 Å². The summed E-state index contributed by atoms with van der Waals surface area (Å²) in [4.78, 5) is 48.5. The molecule has 0 unspecified atom stereocenters. The quantitative estimate of drug-likeness (QED) is 0.453. The first kappa shape index (κ1) is 23.2. The highest BCUT2D eigenvalue weighted by Crippen LogP contribution is 2.26. The molecule has 2 heterocycles. The van der Waals surface area contributed by atoms with Gasteiger partial charge < -0.3 is 20.1 Å². The lowest BCUT2D eigenvalue weighted by atomic mass is 10.1. The van der Waals surface area contributed by atoms with Gasteiger partial charge in [-0.05, 0) is 60.7 Å². The summed E-state index contributed by atoms with van der Waals surface area (Å²) in [6, 6.07) is 13.2. The van der Waals surface area contributed by atoms with Crippen molar-refractivity contribution in [3.8, 4) is 5.69 Å². The van der Waals surface area contributed by atoms with E-state index < -0.39 is 11.3 Å². The monoisotopic (exact) mass is 482 g/mol. The average molecular weight is 483 g/mol. The lowest BCUT2D eigenvalue weighted by molar-refractivity contribution is 0.0827. The van der Waals surface area contributed by atoms with Crippen LogP contribution in [-0.2, 0) is 12.8 Å². The van der Waals surface area contributed by atoms with Crippen LogP contribution >= 0.6 is 0 Å². The van der Waals surface area contributed by atoms with Gasteiger partial charge in [0.15, 0.2) is 5.65 Å². The van der Waals surface area contributed by atoms with Crippen molar-refractivity contribution in [1.82, 2.24) is 24.8 Å². The van der Waals surface area contributed by atoms with E-state index in [-0.39, 0.29) is 22.8 Å². The van der Waals surface area contributed by atoms with Crippen LogP contribution in [0.1, 0.15) is 38.3 Å². The highest BCUT2D eigenvalue weighted by atomic mass is 16.2. The number of aryl methyl sites for hydroxylation is 2. The Labute approximate surface area is 207 Å². The number of nitrogens with zero attached hydrogens (tertiary/aromatic N) is 4. The zero-order chi connectivity index (χ0) is 25.4. The van der Waals surface area contributed by atoms with E-state index in [1.165, 1.54) is 35.5 Å². The van der Waals surface area contributed by atoms with E-state index in [1.54, 1.807) is 36.9 Å². The number of hydrogen-bond acceptors (Lipinski definition) is 6. The predicted octanol–water partition coefficient (Wildman–Crippen LogP) is 3.07. The van der Waals surface area contributed by atoms with Crippen molar-refractivity contribution in [2.75, 3.05) is 26.5 Å². The average Bonchev–Trinajstić information content (AvgIpc) is 3.36. The van der Waals surface area contributed by atoms with Gasteiger partial charge in [0.1, 0.15) is 5.56 Å². The fraction of sp³-hybridized carbons (Fsp3) is 0.222. The van der Waals surface area contributed by atoms with Crippen molar-refractivity contribution in [2.24, 2.45) is 0 Å². The van der Waals surface area contributed by atoms with Crippen molar-refractivity contribution in [2.45, 2.75) is 19.3 Å². The number of hydrogen-bond donors (Lipinski definition) is 2. The fourth-order valence-electron chi connectivity index (χ4n) is 4.49. The first-order valence-electron chi connectivity index (χ1n) is 11.7. The topological polar surface area (TPSA) is 109 Å². The number of nitrogens with one attached hydrogen (secondary N) is 2. The van der Waals surface area contributed by atoms with E-state index in [1.807, 2.05) is 12.1 Å². The van der Waals surface area contributed by atoms with Gasteiger partial charge in [-0.2, -0.15) is 4.98 Å². The zero-order valence-corrected chi connectivity index (χ0v) is 20.3. The Morgan fingerprint density at radius 3 is 2.64 bits per heavy atom. The van der Waals surface area contributed by atoms with Crippen molar-refractivity contribution in [1.29, 1.82) is 0 Å². The number of carbonyl (C=O) groups is 2. The molecule has 0 bridgehead atoms. The second kappa shape index (κ2) is 9.26. The summed E-state index contributed by atoms with van der Waals surface area (Å²) < 4.78 is 1.76. The van der Waals surface area contributed by atoms with Crippen LogP contribution in [-0.4, -0.2) is 52.4 Å². The largest absolute Gasteiger partial charge is 0.355 e. The normalized spacial score (nSPS) is 12.3. The third-order valence-electron chi connectivity index (χ3n) is 6.35.